The summed E-state index contributed by atoms with van der Waals surface area (Å²) in [6.07, 6.45) is 0.860. The molecule has 0 aliphatic rings. The number of benzene rings is 1. The SMILES string of the molecule is CCCNC(=O)CNC(=O)COc1ccc(Cl)cc1C. The first kappa shape index (κ1) is 16.3. The van der Waals surface area contributed by atoms with Crippen LogP contribution in [0, 0.1) is 6.92 Å². The number of rotatable bonds is 7. The molecule has 0 unspecified atom stereocenters. The highest BCUT2D eigenvalue weighted by molar-refractivity contribution is 6.30. The fraction of sp³-hybridized carbons (Fsp3) is 0.429. The number of nitrogens with one attached hydrogen (secondary N) is 2. The minimum atomic E-state index is -0.342. The van der Waals surface area contributed by atoms with Crippen LogP contribution in [0.4, 0.5) is 0 Å². The van der Waals surface area contributed by atoms with E-state index in [0.29, 0.717) is 17.3 Å². The monoisotopic (exact) mass is 298 g/mol. The summed E-state index contributed by atoms with van der Waals surface area (Å²) in [5, 5.41) is 5.78. The molecule has 0 aliphatic heterocycles. The molecular weight excluding hydrogens is 280 g/mol. The summed E-state index contributed by atoms with van der Waals surface area (Å²) in [6, 6.07) is 5.16. The van der Waals surface area contributed by atoms with E-state index in [4.69, 9.17) is 16.3 Å². The zero-order chi connectivity index (χ0) is 15.0. The van der Waals surface area contributed by atoms with Crippen LogP contribution < -0.4 is 15.4 Å². The van der Waals surface area contributed by atoms with Gasteiger partial charge in [0, 0.05) is 11.6 Å². The van der Waals surface area contributed by atoms with Gasteiger partial charge >= 0.3 is 0 Å². The van der Waals surface area contributed by atoms with E-state index in [1.807, 2.05) is 13.8 Å². The van der Waals surface area contributed by atoms with Crippen molar-refractivity contribution in [2.45, 2.75) is 20.3 Å². The fourth-order valence-electron chi connectivity index (χ4n) is 1.47. The van der Waals surface area contributed by atoms with Gasteiger partial charge in [0.1, 0.15) is 5.75 Å². The molecule has 0 atom stereocenters. The molecule has 0 saturated carbocycles. The van der Waals surface area contributed by atoms with Gasteiger partial charge in [-0.05, 0) is 37.1 Å². The van der Waals surface area contributed by atoms with Crippen LogP contribution in [0.1, 0.15) is 18.9 Å². The summed E-state index contributed by atoms with van der Waals surface area (Å²) in [4.78, 5) is 22.8. The van der Waals surface area contributed by atoms with E-state index in [1.54, 1.807) is 18.2 Å². The van der Waals surface area contributed by atoms with Crippen molar-refractivity contribution in [1.29, 1.82) is 0 Å². The zero-order valence-electron chi connectivity index (χ0n) is 11.7. The van der Waals surface area contributed by atoms with Crippen LogP contribution in [-0.2, 0) is 9.59 Å². The number of carbonyl (C=O) groups is 2. The van der Waals surface area contributed by atoms with Gasteiger partial charge in [0.05, 0.1) is 6.54 Å². The van der Waals surface area contributed by atoms with Gasteiger partial charge in [0.15, 0.2) is 6.61 Å². The van der Waals surface area contributed by atoms with Crippen molar-refractivity contribution in [2.24, 2.45) is 0 Å². The number of hydrogen-bond donors (Lipinski definition) is 2. The van der Waals surface area contributed by atoms with Gasteiger partial charge in [-0.2, -0.15) is 0 Å². The fourth-order valence-corrected chi connectivity index (χ4v) is 1.70. The molecule has 2 amide bonds. The van der Waals surface area contributed by atoms with E-state index in [2.05, 4.69) is 10.6 Å². The van der Waals surface area contributed by atoms with Gasteiger partial charge in [-0.1, -0.05) is 18.5 Å². The predicted molar refractivity (Wildman–Crippen MR) is 78.0 cm³/mol. The smallest absolute Gasteiger partial charge is 0.258 e. The molecule has 0 spiro atoms. The van der Waals surface area contributed by atoms with Gasteiger partial charge in [-0.25, -0.2) is 0 Å². The average molecular weight is 299 g/mol. The number of amides is 2. The number of carbonyl (C=O) groups excluding carboxylic acids is 2. The molecule has 20 heavy (non-hydrogen) atoms. The van der Waals surface area contributed by atoms with Gasteiger partial charge in [0.25, 0.3) is 5.91 Å². The van der Waals surface area contributed by atoms with E-state index in [1.165, 1.54) is 0 Å². The molecule has 6 heteroatoms. The molecule has 2 N–H and O–H groups in total. The summed E-state index contributed by atoms with van der Waals surface area (Å²) < 4.78 is 5.36. The molecule has 0 heterocycles. The molecule has 0 radical (unpaired) electrons. The topological polar surface area (TPSA) is 67.4 Å². The number of ether oxygens (including phenoxy) is 1. The standard InChI is InChI=1S/C14H19ClN2O3/c1-3-6-16-13(18)8-17-14(19)9-20-12-5-4-11(15)7-10(12)2/h4-5,7H,3,6,8-9H2,1-2H3,(H,16,18)(H,17,19). The molecule has 0 fully saturated rings. The lowest BCUT2D eigenvalue weighted by atomic mass is 10.2. The van der Waals surface area contributed by atoms with Crippen molar-refractivity contribution >= 4 is 23.4 Å². The third-order valence-corrected chi connectivity index (χ3v) is 2.75. The Balaban J connectivity index is 2.31. The maximum atomic E-state index is 11.5. The third kappa shape index (κ3) is 5.93. The van der Waals surface area contributed by atoms with Crippen molar-refractivity contribution in [2.75, 3.05) is 19.7 Å². The van der Waals surface area contributed by atoms with Crippen LogP contribution >= 0.6 is 11.6 Å². The van der Waals surface area contributed by atoms with E-state index < -0.39 is 0 Å². The summed E-state index contributed by atoms with van der Waals surface area (Å²) in [5.41, 5.74) is 0.853. The van der Waals surface area contributed by atoms with Crippen LogP contribution in [0.5, 0.6) is 5.75 Å². The Hall–Kier alpha value is -1.75. The Bertz CT molecular complexity index is 477. The van der Waals surface area contributed by atoms with Gasteiger partial charge in [-0.15, -0.1) is 0 Å². The highest BCUT2D eigenvalue weighted by atomic mass is 35.5. The summed E-state index contributed by atoms with van der Waals surface area (Å²) in [7, 11) is 0. The molecular formula is C14H19ClN2O3. The maximum Gasteiger partial charge on any atom is 0.258 e. The molecule has 5 nitrogen and oxygen atoms in total. The van der Waals surface area contributed by atoms with Gasteiger partial charge in [0.2, 0.25) is 5.91 Å². The summed E-state index contributed by atoms with van der Waals surface area (Å²) >= 11 is 5.83. The lowest BCUT2D eigenvalue weighted by Gasteiger charge is -2.10. The van der Waals surface area contributed by atoms with Crippen LogP contribution in [0.2, 0.25) is 5.02 Å². The van der Waals surface area contributed by atoms with Crippen molar-refractivity contribution < 1.29 is 14.3 Å². The zero-order valence-corrected chi connectivity index (χ0v) is 12.4. The lowest BCUT2D eigenvalue weighted by molar-refractivity contribution is -0.127. The maximum absolute atomic E-state index is 11.5. The van der Waals surface area contributed by atoms with Crippen LogP contribution in [0.15, 0.2) is 18.2 Å². The lowest BCUT2D eigenvalue weighted by Crippen LogP contribution is -2.39. The molecule has 1 aromatic rings. The average Bonchev–Trinajstić information content (AvgIpc) is 2.41. The van der Waals surface area contributed by atoms with Crippen LogP contribution in [0.25, 0.3) is 0 Å². The van der Waals surface area contributed by atoms with Crippen LogP contribution in [0.3, 0.4) is 0 Å². The normalized spacial score (nSPS) is 9.95. The van der Waals surface area contributed by atoms with Crippen molar-refractivity contribution in [3.63, 3.8) is 0 Å². The first-order valence-electron chi connectivity index (χ1n) is 6.45. The number of hydrogen-bond acceptors (Lipinski definition) is 3. The molecule has 0 aromatic heterocycles. The minimum absolute atomic E-state index is 0.0399. The first-order chi connectivity index (χ1) is 9.52. The van der Waals surface area contributed by atoms with Gasteiger partial charge in [-0.3, -0.25) is 9.59 Å². The van der Waals surface area contributed by atoms with E-state index in [-0.39, 0.29) is 25.0 Å². The Morgan fingerprint density at radius 3 is 2.65 bits per heavy atom. The molecule has 110 valence electrons. The molecule has 0 bridgehead atoms. The van der Waals surface area contributed by atoms with Crippen molar-refractivity contribution in [3.8, 4) is 5.75 Å². The summed E-state index contributed by atoms with van der Waals surface area (Å²) in [6.45, 7) is 4.24. The van der Waals surface area contributed by atoms with Crippen LogP contribution in [-0.4, -0.2) is 31.5 Å². The number of aryl methyl sites for hydroxylation is 1. The molecule has 0 saturated heterocycles. The Kier molecular flexibility index (Phi) is 6.87. The van der Waals surface area contributed by atoms with Crippen molar-refractivity contribution in [3.05, 3.63) is 28.8 Å². The summed E-state index contributed by atoms with van der Waals surface area (Å²) in [5.74, 6) is 0.0499. The Morgan fingerprint density at radius 2 is 2.00 bits per heavy atom. The van der Waals surface area contributed by atoms with E-state index >= 15 is 0 Å². The van der Waals surface area contributed by atoms with Crippen molar-refractivity contribution in [1.82, 2.24) is 10.6 Å². The Morgan fingerprint density at radius 1 is 1.25 bits per heavy atom. The molecule has 0 aliphatic carbocycles. The van der Waals surface area contributed by atoms with Gasteiger partial charge < -0.3 is 15.4 Å². The highest BCUT2D eigenvalue weighted by Gasteiger charge is 2.07. The largest absolute Gasteiger partial charge is 0.484 e. The number of halogens is 1. The highest BCUT2D eigenvalue weighted by Crippen LogP contribution is 2.21. The van der Waals surface area contributed by atoms with E-state index in [0.717, 1.165) is 12.0 Å². The quantitative estimate of drug-likeness (QED) is 0.804. The first-order valence-corrected chi connectivity index (χ1v) is 6.83. The molecule has 1 aromatic carbocycles. The second kappa shape index (κ2) is 8.43. The Labute approximate surface area is 123 Å². The van der Waals surface area contributed by atoms with E-state index in [9.17, 15) is 9.59 Å². The predicted octanol–water partition coefficient (Wildman–Crippen LogP) is 1.67. The molecule has 1 rings (SSSR count). The minimum Gasteiger partial charge on any atom is -0.484 e. The third-order valence-electron chi connectivity index (χ3n) is 2.51. The second-order valence-electron chi connectivity index (χ2n) is 4.33. The second-order valence-corrected chi connectivity index (χ2v) is 4.76.